The third-order valence-corrected chi connectivity index (χ3v) is 2.98. The molecule has 0 spiro atoms. The van der Waals surface area contributed by atoms with Crippen LogP contribution in [0.3, 0.4) is 0 Å². The van der Waals surface area contributed by atoms with Crippen molar-refractivity contribution in [2.45, 2.75) is 32.5 Å². The van der Waals surface area contributed by atoms with Gasteiger partial charge >= 0.3 is 0 Å². The smallest absolute Gasteiger partial charge is 0.236 e. The largest absolute Gasteiger partial charge is 0.373 e. The third kappa shape index (κ3) is 5.02. The van der Waals surface area contributed by atoms with Crippen molar-refractivity contribution in [3.63, 3.8) is 0 Å². The Morgan fingerprint density at radius 2 is 2.00 bits per heavy atom. The van der Waals surface area contributed by atoms with E-state index in [1.54, 1.807) is 4.90 Å². The number of hydrogen-bond donors (Lipinski definition) is 1. The van der Waals surface area contributed by atoms with Crippen LogP contribution < -0.4 is 5.73 Å². The fourth-order valence-corrected chi connectivity index (χ4v) is 2.18. The van der Waals surface area contributed by atoms with E-state index in [2.05, 4.69) is 4.90 Å². The molecular weight excluding hydrogens is 218 g/mol. The minimum absolute atomic E-state index is 0.166. The van der Waals surface area contributed by atoms with E-state index in [1.165, 1.54) is 0 Å². The van der Waals surface area contributed by atoms with Crippen LogP contribution in [0.15, 0.2) is 0 Å². The van der Waals surface area contributed by atoms with Crippen LogP contribution in [0.2, 0.25) is 0 Å². The van der Waals surface area contributed by atoms with Gasteiger partial charge in [0.05, 0.1) is 18.8 Å². The quantitative estimate of drug-likeness (QED) is 0.733. The number of morpholine rings is 1. The molecule has 0 aromatic heterocycles. The van der Waals surface area contributed by atoms with Crippen LogP contribution >= 0.6 is 0 Å². The summed E-state index contributed by atoms with van der Waals surface area (Å²) in [6, 6.07) is 0. The number of carbonyl (C=O) groups is 1. The molecule has 0 bridgehead atoms. The van der Waals surface area contributed by atoms with Crippen molar-refractivity contribution in [1.29, 1.82) is 0 Å². The lowest BCUT2D eigenvalue weighted by atomic mass is 10.2. The Morgan fingerprint density at radius 3 is 2.53 bits per heavy atom. The van der Waals surface area contributed by atoms with Crippen molar-refractivity contribution in [3.05, 3.63) is 0 Å². The molecule has 1 aliphatic heterocycles. The molecule has 0 aromatic carbocycles. The van der Waals surface area contributed by atoms with E-state index in [0.29, 0.717) is 13.1 Å². The molecule has 5 nitrogen and oxygen atoms in total. The maximum atomic E-state index is 11.9. The summed E-state index contributed by atoms with van der Waals surface area (Å²) in [5.41, 5.74) is 5.43. The first kappa shape index (κ1) is 14.4. The van der Waals surface area contributed by atoms with Gasteiger partial charge in [-0.2, -0.15) is 0 Å². The zero-order chi connectivity index (χ0) is 12.8. The number of rotatable bonds is 5. The van der Waals surface area contributed by atoms with E-state index in [0.717, 1.165) is 26.1 Å². The number of ether oxygens (including phenoxy) is 1. The Kier molecular flexibility index (Phi) is 5.88. The lowest BCUT2D eigenvalue weighted by Gasteiger charge is -2.35. The lowest BCUT2D eigenvalue weighted by molar-refractivity contribution is -0.134. The second kappa shape index (κ2) is 6.93. The molecule has 1 heterocycles. The minimum atomic E-state index is 0.166. The first-order valence-corrected chi connectivity index (χ1v) is 6.34. The maximum Gasteiger partial charge on any atom is 0.236 e. The molecule has 5 heteroatoms. The van der Waals surface area contributed by atoms with Gasteiger partial charge in [0, 0.05) is 26.7 Å². The van der Waals surface area contributed by atoms with Gasteiger partial charge < -0.3 is 15.4 Å². The predicted molar refractivity (Wildman–Crippen MR) is 67.8 cm³/mol. The fourth-order valence-electron chi connectivity index (χ4n) is 2.18. The van der Waals surface area contributed by atoms with Crippen molar-refractivity contribution in [1.82, 2.24) is 9.80 Å². The highest BCUT2D eigenvalue weighted by molar-refractivity contribution is 5.77. The molecule has 1 saturated heterocycles. The Morgan fingerprint density at radius 1 is 1.41 bits per heavy atom. The molecular formula is C12H25N3O2. The second-order valence-electron chi connectivity index (χ2n) is 4.91. The normalized spacial score (nSPS) is 25.9. The Labute approximate surface area is 104 Å². The minimum Gasteiger partial charge on any atom is -0.373 e. The maximum absolute atomic E-state index is 11.9. The van der Waals surface area contributed by atoms with Gasteiger partial charge in [0.2, 0.25) is 5.91 Å². The molecule has 100 valence electrons. The highest BCUT2D eigenvalue weighted by Crippen LogP contribution is 2.10. The topological polar surface area (TPSA) is 58.8 Å². The molecule has 17 heavy (non-hydrogen) atoms. The summed E-state index contributed by atoms with van der Waals surface area (Å²) in [6.45, 7) is 7.62. The number of hydrogen-bond acceptors (Lipinski definition) is 4. The number of amides is 1. The van der Waals surface area contributed by atoms with Gasteiger partial charge in [-0.15, -0.1) is 0 Å². The molecule has 1 rings (SSSR count). The Balaban J connectivity index is 2.34. The molecule has 1 amide bonds. The number of nitrogens with zero attached hydrogens (tertiary/aromatic N) is 2. The number of nitrogens with two attached hydrogens (primary N) is 1. The van der Waals surface area contributed by atoms with E-state index in [9.17, 15) is 4.79 Å². The fraction of sp³-hybridized carbons (Fsp3) is 0.917. The molecule has 2 atom stereocenters. The molecule has 1 aliphatic rings. The molecule has 1 fully saturated rings. The highest BCUT2D eigenvalue weighted by Gasteiger charge is 2.24. The zero-order valence-electron chi connectivity index (χ0n) is 11.2. The Hall–Kier alpha value is -0.650. The predicted octanol–water partition coefficient (Wildman–Crippen LogP) is -0.0972. The zero-order valence-corrected chi connectivity index (χ0v) is 11.2. The molecule has 0 saturated carbocycles. The lowest BCUT2D eigenvalue weighted by Crippen LogP contribution is -2.49. The number of likely N-dealkylation sites (N-methyl/N-ethyl adjacent to an activating group) is 1. The van der Waals surface area contributed by atoms with Crippen molar-refractivity contribution in [2.24, 2.45) is 5.73 Å². The molecule has 0 aliphatic carbocycles. The van der Waals surface area contributed by atoms with E-state index < -0.39 is 0 Å². The molecule has 0 unspecified atom stereocenters. The summed E-state index contributed by atoms with van der Waals surface area (Å²) >= 11 is 0. The van der Waals surface area contributed by atoms with E-state index in [1.807, 2.05) is 20.9 Å². The van der Waals surface area contributed by atoms with Gasteiger partial charge in [-0.05, 0) is 26.8 Å². The molecule has 0 radical (unpaired) electrons. The van der Waals surface area contributed by atoms with E-state index >= 15 is 0 Å². The van der Waals surface area contributed by atoms with Crippen LogP contribution in [-0.2, 0) is 9.53 Å². The van der Waals surface area contributed by atoms with Crippen LogP contribution in [0.4, 0.5) is 0 Å². The highest BCUT2D eigenvalue weighted by atomic mass is 16.5. The standard InChI is InChI=1S/C12H25N3O2/c1-10-7-15(8-11(2)17-10)9-12(16)14(3)6-4-5-13/h10-11H,4-9,13H2,1-3H3/t10-,11+. The van der Waals surface area contributed by atoms with Gasteiger partial charge in [-0.25, -0.2) is 0 Å². The monoisotopic (exact) mass is 243 g/mol. The average molecular weight is 243 g/mol. The molecule has 2 N–H and O–H groups in total. The van der Waals surface area contributed by atoms with Gasteiger partial charge in [-0.3, -0.25) is 9.69 Å². The summed E-state index contributed by atoms with van der Waals surface area (Å²) in [5.74, 6) is 0.166. The van der Waals surface area contributed by atoms with Crippen LogP contribution in [0.5, 0.6) is 0 Å². The summed E-state index contributed by atoms with van der Waals surface area (Å²) in [7, 11) is 1.84. The molecule has 0 aromatic rings. The van der Waals surface area contributed by atoms with Gasteiger partial charge in [0.25, 0.3) is 0 Å². The summed E-state index contributed by atoms with van der Waals surface area (Å²) in [4.78, 5) is 15.9. The van der Waals surface area contributed by atoms with Gasteiger partial charge in [0.1, 0.15) is 0 Å². The van der Waals surface area contributed by atoms with Crippen molar-refractivity contribution in [2.75, 3.05) is 39.8 Å². The first-order chi connectivity index (χ1) is 8.02. The van der Waals surface area contributed by atoms with Crippen LogP contribution in [-0.4, -0.2) is 67.7 Å². The van der Waals surface area contributed by atoms with Gasteiger partial charge in [-0.1, -0.05) is 0 Å². The van der Waals surface area contributed by atoms with Crippen LogP contribution in [0.25, 0.3) is 0 Å². The van der Waals surface area contributed by atoms with Crippen LogP contribution in [0.1, 0.15) is 20.3 Å². The van der Waals surface area contributed by atoms with Crippen molar-refractivity contribution >= 4 is 5.91 Å². The van der Waals surface area contributed by atoms with E-state index in [-0.39, 0.29) is 18.1 Å². The summed E-state index contributed by atoms with van der Waals surface area (Å²) in [6.07, 6.45) is 1.28. The number of carbonyl (C=O) groups excluding carboxylic acids is 1. The second-order valence-corrected chi connectivity index (χ2v) is 4.91. The SMILES string of the molecule is C[C@@H]1CN(CC(=O)N(C)CCCN)C[C@H](C)O1. The van der Waals surface area contributed by atoms with Crippen LogP contribution in [0, 0.1) is 0 Å². The van der Waals surface area contributed by atoms with Crippen molar-refractivity contribution < 1.29 is 9.53 Å². The Bertz CT molecular complexity index is 238. The summed E-state index contributed by atoms with van der Waals surface area (Å²) < 4.78 is 5.64. The first-order valence-electron chi connectivity index (χ1n) is 6.34. The third-order valence-electron chi connectivity index (χ3n) is 2.98. The van der Waals surface area contributed by atoms with E-state index in [4.69, 9.17) is 10.5 Å². The average Bonchev–Trinajstić information content (AvgIpc) is 2.24. The van der Waals surface area contributed by atoms with Gasteiger partial charge in [0.15, 0.2) is 0 Å². The van der Waals surface area contributed by atoms with Crippen molar-refractivity contribution in [3.8, 4) is 0 Å². The summed E-state index contributed by atoms with van der Waals surface area (Å²) in [5, 5.41) is 0.